The molecule has 0 saturated heterocycles. The van der Waals surface area contributed by atoms with E-state index < -0.39 is 11.7 Å². The summed E-state index contributed by atoms with van der Waals surface area (Å²) in [6, 6.07) is 13.4. The van der Waals surface area contributed by atoms with E-state index in [0.29, 0.717) is 27.1 Å². The van der Waals surface area contributed by atoms with Crippen LogP contribution in [0.4, 0.5) is 13.2 Å². The van der Waals surface area contributed by atoms with Crippen molar-refractivity contribution in [3.8, 4) is 22.6 Å². The van der Waals surface area contributed by atoms with Crippen molar-refractivity contribution >= 4 is 26.9 Å². The number of hydrogen-bond acceptors (Lipinski definition) is 2. The van der Waals surface area contributed by atoms with Crippen molar-refractivity contribution in [1.29, 1.82) is 0 Å². The van der Waals surface area contributed by atoms with E-state index in [2.05, 4.69) is 20.9 Å². The minimum Gasteiger partial charge on any atom is -0.454 e. The number of aryl methyl sites for hydroxylation is 2. The van der Waals surface area contributed by atoms with Crippen LogP contribution in [0.25, 0.3) is 33.6 Å². The maximum absolute atomic E-state index is 13.2. The summed E-state index contributed by atoms with van der Waals surface area (Å²) in [5, 5.41) is 0.788. The van der Waals surface area contributed by atoms with E-state index in [1.807, 2.05) is 38.1 Å². The first kappa shape index (κ1) is 18.7. The van der Waals surface area contributed by atoms with Crippen molar-refractivity contribution in [2.24, 2.45) is 0 Å². The van der Waals surface area contributed by atoms with Crippen LogP contribution in [0.5, 0.6) is 0 Å². The third-order valence-corrected chi connectivity index (χ3v) is 5.12. The van der Waals surface area contributed by atoms with Gasteiger partial charge in [-0.15, -0.1) is 0 Å². The highest BCUT2D eigenvalue weighted by Gasteiger charge is 2.31. The van der Waals surface area contributed by atoms with Gasteiger partial charge in [0.2, 0.25) is 0 Å². The lowest BCUT2D eigenvalue weighted by molar-refractivity contribution is -0.137. The highest BCUT2D eigenvalue weighted by atomic mass is 79.9. The summed E-state index contributed by atoms with van der Waals surface area (Å²) in [6.45, 7) is 4.00. The van der Waals surface area contributed by atoms with Crippen LogP contribution in [-0.4, -0.2) is 4.98 Å². The molecule has 0 bridgehead atoms. The Bertz CT molecular complexity index is 1170. The Morgan fingerprint density at radius 2 is 1.68 bits per heavy atom. The SMILES string of the molecule is Cc1cccc(C)c1-c1cc2ccnc(-c3cc(Br)cc(C(F)(F)F)c3)c2o1. The van der Waals surface area contributed by atoms with Gasteiger partial charge in [0.05, 0.1) is 5.56 Å². The average molecular weight is 446 g/mol. The minimum atomic E-state index is -4.45. The van der Waals surface area contributed by atoms with Gasteiger partial charge in [0.15, 0.2) is 5.58 Å². The normalized spacial score (nSPS) is 11.9. The van der Waals surface area contributed by atoms with E-state index >= 15 is 0 Å². The summed E-state index contributed by atoms with van der Waals surface area (Å²) >= 11 is 3.17. The molecule has 0 fully saturated rings. The maximum Gasteiger partial charge on any atom is 0.416 e. The van der Waals surface area contributed by atoms with Crippen molar-refractivity contribution in [3.05, 3.63) is 75.9 Å². The zero-order chi connectivity index (χ0) is 20.1. The molecule has 2 aromatic carbocycles. The zero-order valence-electron chi connectivity index (χ0n) is 15.1. The van der Waals surface area contributed by atoms with Gasteiger partial charge in [0, 0.05) is 27.2 Å². The number of rotatable bonds is 2. The van der Waals surface area contributed by atoms with Crippen LogP contribution in [0, 0.1) is 13.8 Å². The second-order valence-corrected chi connectivity index (χ2v) is 7.60. The predicted octanol–water partition coefficient (Wildman–Crippen LogP) is 7.56. The third kappa shape index (κ3) is 3.33. The first-order chi connectivity index (χ1) is 13.2. The second-order valence-electron chi connectivity index (χ2n) is 6.68. The molecule has 2 heterocycles. The highest BCUT2D eigenvalue weighted by Crippen LogP contribution is 2.39. The van der Waals surface area contributed by atoms with Gasteiger partial charge in [-0.25, -0.2) is 0 Å². The van der Waals surface area contributed by atoms with Gasteiger partial charge in [0.25, 0.3) is 0 Å². The molecule has 0 atom stereocenters. The summed E-state index contributed by atoms with van der Waals surface area (Å²) in [6.07, 6.45) is -2.87. The van der Waals surface area contributed by atoms with Gasteiger partial charge >= 0.3 is 6.18 Å². The molecule has 2 aromatic heterocycles. The molecule has 0 aliphatic carbocycles. The third-order valence-electron chi connectivity index (χ3n) is 4.66. The molecule has 0 amide bonds. The number of nitrogens with zero attached hydrogens (tertiary/aromatic N) is 1. The minimum absolute atomic E-state index is 0.331. The monoisotopic (exact) mass is 445 g/mol. The smallest absolute Gasteiger partial charge is 0.416 e. The van der Waals surface area contributed by atoms with Crippen molar-refractivity contribution in [2.75, 3.05) is 0 Å². The fourth-order valence-corrected chi connectivity index (χ4v) is 3.88. The number of aromatic nitrogens is 1. The Morgan fingerprint density at radius 3 is 2.36 bits per heavy atom. The largest absolute Gasteiger partial charge is 0.454 e. The molecule has 6 heteroatoms. The Morgan fingerprint density at radius 1 is 0.964 bits per heavy atom. The first-order valence-electron chi connectivity index (χ1n) is 8.57. The maximum atomic E-state index is 13.2. The van der Waals surface area contributed by atoms with E-state index in [1.165, 1.54) is 0 Å². The van der Waals surface area contributed by atoms with E-state index in [-0.39, 0.29) is 0 Å². The fourth-order valence-electron chi connectivity index (χ4n) is 3.39. The fraction of sp³-hybridized carbons (Fsp3) is 0.136. The summed E-state index contributed by atoms with van der Waals surface area (Å²) in [4.78, 5) is 4.31. The van der Waals surface area contributed by atoms with Crippen LogP contribution in [0.3, 0.4) is 0 Å². The molecular weight excluding hydrogens is 431 g/mol. The molecule has 0 N–H and O–H groups in total. The number of pyridine rings is 1. The standard InChI is InChI=1S/C22H15BrF3NO/c1-12-4-3-5-13(2)19(12)18-10-14-6-7-27-20(21(14)28-18)15-8-16(22(24,25)26)11-17(23)9-15/h3-11H,1-2H3. The molecule has 0 aliphatic rings. The summed E-state index contributed by atoms with van der Waals surface area (Å²) in [7, 11) is 0. The van der Waals surface area contributed by atoms with Crippen LogP contribution in [0.2, 0.25) is 0 Å². The second kappa shape index (κ2) is 6.78. The topological polar surface area (TPSA) is 26.0 Å². The number of halogens is 4. The lowest BCUT2D eigenvalue weighted by atomic mass is 10.0. The molecule has 0 saturated carbocycles. The van der Waals surface area contributed by atoms with Gasteiger partial charge in [-0.2, -0.15) is 13.2 Å². The summed E-state index contributed by atoms with van der Waals surface area (Å²) in [5.41, 5.74) is 3.56. The van der Waals surface area contributed by atoms with Crippen LogP contribution in [-0.2, 0) is 6.18 Å². The molecule has 2 nitrogen and oxygen atoms in total. The predicted molar refractivity (Wildman–Crippen MR) is 107 cm³/mol. The van der Waals surface area contributed by atoms with Crippen molar-refractivity contribution < 1.29 is 17.6 Å². The Kier molecular flexibility index (Phi) is 4.54. The van der Waals surface area contributed by atoms with Crippen molar-refractivity contribution in [1.82, 2.24) is 4.98 Å². The van der Waals surface area contributed by atoms with Crippen LogP contribution in [0.1, 0.15) is 16.7 Å². The number of hydrogen-bond donors (Lipinski definition) is 0. The van der Waals surface area contributed by atoms with E-state index in [1.54, 1.807) is 18.3 Å². The molecule has 142 valence electrons. The summed E-state index contributed by atoms with van der Waals surface area (Å²) in [5.74, 6) is 0.672. The molecule has 0 radical (unpaired) electrons. The van der Waals surface area contributed by atoms with E-state index in [9.17, 15) is 13.2 Å². The van der Waals surface area contributed by atoms with E-state index in [4.69, 9.17) is 4.42 Å². The lowest BCUT2D eigenvalue weighted by Crippen LogP contribution is -2.05. The highest BCUT2D eigenvalue weighted by molar-refractivity contribution is 9.10. The molecule has 0 spiro atoms. The van der Waals surface area contributed by atoms with Crippen LogP contribution in [0.15, 0.2) is 63.6 Å². The van der Waals surface area contributed by atoms with Crippen LogP contribution < -0.4 is 0 Å². The Hall–Kier alpha value is -2.60. The molecule has 4 aromatic rings. The average Bonchev–Trinajstić information content (AvgIpc) is 3.03. The summed E-state index contributed by atoms with van der Waals surface area (Å²) < 4.78 is 46.1. The Balaban J connectivity index is 1.93. The number of furan rings is 1. The van der Waals surface area contributed by atoms with Crippen LogP contribution >= 0.6 is 15.9 Å². The van der Waals surface area contributed by atoms with Gasteiger partial charge < -0.3 is 4.42 Å². The van der Waals surface area contributed by atoms with Gasteiger partial charge in [-0.05, 0) is 55.3 Å². The lowest BCUT2D eigenvalue weighted by Gasteiger charge is -2.10. The van der Waals surface area contributed by atoms with Crippen molar-refractivity contribution in [3.63, 3.8) is 0 Å². The Labute approximate surface area is 168 Å². The molecule has 28 heavy (non-hydrogen) atoms. The zero-order valence-corrected chi connectivity index (χ0v) is 16.6. The number of benzene rings is 2. The molecule has 0 unspecified atom stereocenters. The van der Waals surface area contributed by atoms with Gasteiger partial charge in [0.1, 0.15) is 11.5 Å². The quantitative estimate of drug-likeness (QED) is 0.318. The number of fused-ring (bicyclic) bond motifs is 1. The van der Waals surface area contributed by atoms with Gasteiger partial charge in [-0.3, -0.25) is 4.98 Å². The van der Waals surface area contributed by atoms with Gasteiger partial charge in [-0.1, -0.05) is 34.1 Å². The number of alkyl halides is 3. The van der Waals surface area contributed by atoms with Crippen molar-refractivity contribution in [2.45, 2.75) is 20.0 Å². The molecular formula is C22H15BrF3NO. The molecule has 0 aliphatic heterocycles. The molecule has 4 rings (SSSR count). The van der Waals surface area contributed by atoms with E-state index in [0.717, 1.165) is 34.2 Å². The first-order valence-corrected chi connectivity index (χ1v) is 9.36.